The average molecular weight is 415 g/mol. The molecule has 1 aliphatic heterocycles. The SMILES string of the molecule is NC(=O)c1cccc2c(-c3nc4c(c(NCc5ccccc5)n3)CCCOC4)onc12. The summed E-state index contributed by atoms with van der Waals surface area (Å²) < 4.78 is 11.3. The van der Waals surface area contributed by atoms with Gasteiger partial charge in [-0.1, -0.05) is 41.6 Å². The summed E-state index contributed by atoms with van der Waals surface area (Å²) in [6.07, 6.45) is 1.73. The van der Waals surface area contributed by atoms with Gasteiger partial charge in [-0.25, -0.2) is 9.97 Å². The molecular formula is C23H21N5O3. The Morgan fingerprint density at radius 1 is 1.10 bits per heavy atom. The van der Waals surface area contributed by atoms with Crippen molar-refractivity contribution < 1.29 is 14.1 Å². The largest absolute Gasteiger partial charge is 0.375 e. The van der Waals surface area contributed by atoms with Crippen LogP contribution in [-0.4, -0.2) is 27.6 Å². The maximum Gasteiger partial charge on any atom is 0.251 e. The number of nitrogens with two attached hydrogens (primary N) is 1. The maximum absolute atomic E-state index is 11.7. The van der Waals surface area contributed by atoms with E-state index in [0.717, 1.165) is 35.5 Å². The number of carbonyl (C=O) groups excluding carboxylic acids is 1. The average Bonchev–Trinajstić information content (AvgIpc) is 3.08. The van der Waals surface area contributed by atoms with E-state index in [0.29, 0.717) is 47.8 Å². The number of anilines is 1. The van der Waals surface area contributed by atoms with Crippen molar-refractivity contribution in [2.24, 2.45) is 5.73 Å². The predicted molar refractivity (Wildman–Crippen MR) is 115 cm³/mol. The van der Waals surface area contributed by atoms with Crippen LogP contribution in [0.2, 0.25) is 0 Å². The number of aromatic nitrogens is 3. The number of benzene rings is 2. The molecule has 0 radical (unpaired) electrons. The van der Waals surface area contributed by atoms with Gasteiger partial charge in [0.1, 0.15) is 11.3 Å². The van der Waals surface area contributed by atoms with Gasteiger partial charge >= 0.3 is 0 Å². The number of hydrogen-bond donors (Lipinski definition) is 2. The minimum Gasteiger partial charge on any atom is -0.375 e. The lowest BCUT2D eigenvalue weighted by atomic mass is 10.1. The normalized spacial score (nSPS) is 13.5. The second kappa shape index (κ2) is 8.16. The van der Waals surface area contributed by atoms with Gasteiger partial charge in [-0.2, -0.15) is 0 Å². The van der Waals surface area contributed by atoms with Crippen molar-refractivity contribution in [3.8, 4) is 11.6 Å². The third kappa shape index (κ3) is 3.73. The summed E-state index contributed by atoms with van der Waals surface area (Å²) in [5.74, 6) is 0.980. The van der Waals surface area contributed by atoms with E-state index in [1.165, 1.54) is 0 Å². The van der Waals surface area contributed by atoms with Crippen molar-refractivity contribution in [1.29, 1.82) is 0 Å². The van der Waals surface area contributed by atoms with Crippen molar-refractivity contribution >= 4 is 22.6 Å². The molecule has 2 aromatic heterocycles. The summed E-state index contributed by atoms with van der Waals surface area (Å²) in [6.45, 7) is 1.72. The summed E-state index contributed by atoms with van der Waals surface area (Å²) in [7, 11) is 0. The zero-order chi connectivity index (χ0) is 21.2. The van der Waals surface area contributed by atoms with Crippen LogP contribution in [0.25, 0.3) is 22.5 Å². The van der Waals surface area contributed by atoms with Gasteiger partial charge in [-0.05, 0) is 30.5 Å². The Hall–Kier alpha value is -3.78. The molecule has 0 spiro atoms. The van der Waals surface area contributed by atoms with E-state index >= 15 is 0 Å². The van der Waals surface area contributed by atoms with E-state index in [4.69, 9.17) is 25.0 Å². The molecule has 0 fully saturated rings. The minimum atomic E-state index is -0.563. The number of primary amides is 1. The van der Waals surface area contributed by atoms with Gasteiger partial charge in [-0.3, -0.25) is 4.79 Å². The fourth-order valence-corrected chi connectivity index (χ4v) is 3.79. The second-order valence-electron chi connectivity index (χ2n) is 7.39. The Bertz CT molecular complexity index is 1250. The monoisotopic (exact) mass is 415 g/mol. The third-order valence-electron chi connectivity index (χ3n) is 5.33. The van der Waals surface area contributed by atoms with Crippen LogP contribution in [0.4, 0.5) is 5.82 Å². The molecular weight excluding hydrogens is 394 g/mol. The van der Waals surface area contributed by atoms with E-state index in [1.807, 2.05) is 24.3 Å². The van der Waals surface area contributed by atoms with Crippen LogP contribution < -0.4 is 11.1 Å². The standard InChI is InChI=1S/C23H21N5O3/c24-21(29)17-9-4-8-16-19(17)28-31-20(16)23-26-18-13-30-11-5-10-15(18)22(27-23)25-12-14-6-2-1-3-7-14/h1-4,6-9H,5,10-13H2,(H2,24,29)(H,25,26,27). The molecule has 0 saturated heterocycles. The number of carbonyl (C=O) groups is 1. The lowest BCUT2D eigenvalue weighted by Crippen LogP contribution is -2.11. The summed E-state index contributed by atoms with van der Waals surface area (Å²) >= 11 is 0. The van der Waals surface area contributed by atoms with Crippen LogP contribution in [0.5, 0.6) is 0 Å². The molecule has 0 atom stereocenters. The van der Waals surface area contributed by atoms with Crippen LogP contribution >= 0.6 is 0 Å². The Labute approximate surface area is 178 Å². The van der Waals surface area contributed by atoms with E-state index in [9.17, 15) is 4.79 Å². The van der Waals surface area contributed by atoms with Crippen LogP contribution in [0.1, 0.15) is 33.6 Å². The van der Waals surface area contributed by atoms with Crippen LogP contribution in [0.15, 0.2) is 53.1 Å². The van der Waals surface area contributed by atoms with Crippen LogP contribution in [0.3, 0.4) is 0 Å². The highest BCUT2D eigenvalue weighted by Gasteiger charge is 2.22. The van der Waals surface area contributed by atoms with E-state index in [1.54, 1.807) is 12.1 Å². The van der Waals surface area contributed by atoms with Crippen molar-refractivity contribution in [3.05, 3.63) is 70.9 Å². The van der Waals surface area contributed by atoms with Crippen molar-refractivity contribution in [2.75, 3.05) is 11.9 Å². The summed E-state index contributed by atoms with van der Waals surface area (Å²) in [4.78, 5) is 21.3. The van der Waals surface area contributed by atoms with Crippen molar-refractivity contribution in [2.45, 2.75) is 26.0 Å². The number of rotatable bonds is 5. The van der Waals surface area contributed by atoms with Crippen LogP contribution in [0, 0.1) is 0 Å². The first-order chi connectivity index (χ1) is 15.2. The first-order valence-electron chi connectivity index (χ1n) is 10.1. The van der Waals surface area contributed by atoms with Gasteiger partial charge in [0.25, 0.3) is 5.91 Å². The van der Waals surface area contributed by atoms with E-state index in [-0.39, 0.29) is 0 Å². The molecule has 1 aliphatic rings. The van der Waals surface area contributed by atoms with Gasteiger partial charge in [0.15, 0.2) is 0 Å². The molecule has 5 rings (SSSR count). The maximum atomic E-state index is 11.7. The zero-order valence-corrected chi connectivity index (χ0v) is 16.8. The third-order valence-corrected chi connectivity index (χ3v) is 5.33. The first-order valence-corrected chi connectivity index (χ1v) is 10.1. The number of nitrogens with zero attached hydrogens (tertiary/aromatic N) is 3. The van der Waals surface area contributed by atoms with Gasteiger partial charge < -0.3 is 20.3 Å². The Morgan fingerprint density at radius 2 is 1.97 bits per heavy atom. The molecule has 3 N–H and O–H groups in total. The summed E-state index contributed by atoms with van der Waals surface area (Å²) in [6, 6.07) is 15.3. The zero-order valence-electron chi connectivity index (χ0n) is 16.8. The summed E-state index contributed by atoms with van der Waals surface area (Å²) in [5.41, 5.74) is 9.21. The number of ether oxygens (including phenoxy) is 1. The molecule has 8 nitrogen and oxygen atoms in total. The van der Waals surface area contributed by atoms with Gasteiger partial charge in [-0.15, -0.1) is 0 Å². The molecule has 3 heterocycles. The minimum absolute atomic E-state index is 0.299. The Kier molecular flexibility index (Phi) is 5.05. The fourth-order valence-electron chi connectivity index (χ4n) is 3.79. The molecule has 2 aromatic carbocycles. The molecule has 4 aromatic rings. The first kappa shape index (κ1) is 19.2. The molecule has 0 unspecified atom stereocenters. The highest BCUT2D eigenvalue weighted by Crippen LogP contribution is 2.31. The van der Waals surface area contributed by atoms with Crippen molar-refractivity contribution in [1.82, 2.24) is 15.1 Å². The van der Waals surface area contributed by atoms with Gasteiger partial charge in [0, 0.05) is 18.7 Å². The molecule has 156 valence electrons. The highest BCUT2D eigenvalue weighted by molar-refractivity contribution is 6.07. The fraction of sp³-hybridized carbons (Fsp3) is 0.217. The Morgan fingerprint density at radius 3 is 2.81 bits per heavy atom. The Balaban J connectivity index is 1.59. The highest BCUT2D eigenvalue weighted by atomic mass is 16.5. The van der Waals surface area contributed by atoms with E-state index in [2.05, 4.69) is 22.6 Å². The van der Waals surface area contributed by atoms with Gasteiger partial charge in [0.05, 0.1) is 23.3 Å². The molecule has 0 aliphatic carbocycles. The van der Waals surface area contributed by atoms with Gasteiger partial charge in [0.2, 0.25) is 11.6 Å². The van der Waals surface area contributed by atoms with Crippen LogP contribution in [-0.2, 0) is 24.3 Å². The van der Waals surface area contributed by atoms with E-state index < -0.39 is 5.91 Å². The molecule has 0 saturated carbocycles. The quantitative estimate of drug-likeness (QED) is 0.513. The number of hydrogen-bond acceptors (Lipinski definition) is 7. The van der Waals surface area contributed by atoms with Crippen molar-refractivity contribution in [3.63, 3.8) is 0 Å². The predicted octanol–water partition coefficient (Wildman–Crippen LogP) is 3.46. The number of amides is 1. The lowest BCUT2D eigenvalue weighted by molar-refractivity contribution is 0.100. The topological polar surface area (TPSA) is 116 Å². The molecule has 0 bridgehead atoms. The number of fused-ring (bicyclic) bond motifs is 2. The smallest absolute Gasteiger partial charge is 0.251 e. The molecule has 8 heteroatoms. The second-order valence-corrected chi connectivity index (χ2v) is 7.39. The lowest BCUT2D eigenvalue weighted by Gasteiger charge is -2.14. The molecule has 31 heavy (non-hydrogen) atoms. The summed E-state index contributed by atoms with van der Waals surface area (Å²) in [5, 5.41) is 8.16. The molecule has 1 amide bonds. The number of nitrogens with one attached hydrogen (secondary N) is 1.